The lowest BCUT2D eigenvalue weighted by atomic mass is 10.2. The molecule has 0 aromatic carbocycles. The van der Waals surface area contributed by atoms with Gasteiger partial charge in [0.25, 0.3) is 0 Å². The second kappa shape index (κ2) is 5.02. The number of aromatic nitrogens is 2. The standard InChI is InChI=1S/C10H19N3/c1-4-6-13-7-5-12-10(13)8-9(2)11-3/h5,7,9,11H,4,6,8H2,1-3H3. The summed E-state index contributed by atoms with van der Waals surface area (Å²) in [6, 6.07) is 0.498. The molecule has 0 aliphatic rings. The highest BCUT2D eigenvalue weighted by Crippen LogP contribution is 2.02. The molecule has 1 aromatic heterocycles. The van der Waals surface area contributed by atoms with Crippen LogP contribution in [0.15, 0.2) is 12.4 Å². The van der Waals surface area contributed by atoms with Crippen LogP contribution >= 0.6 is 0 Å². The largest absolute Gasteiger partial charge is 0.335 e. The summed E-state index contributed by atoms with van der Waals surface area (Å²) in [5, 5.41) is 3.22. The highest BCUT2D eigenvalue weighted by Gasteiger charge is 2.05. The van der Waals surface area contributed by atoms with Crippen molar-refractivity contribution in [1.29, 1.82) is 0 Å². The van der Waals surface area contributed by atoms with E-state index in [1.807, 2.05) is 13.2 Å². The second-order valence-electron chi connectivity index (χ2n) is 3.43. The first kappa shape index (κ1) is 10.3. The van der Waals surface area contributed by atoms with Gasteiger partial charge in [-0.1, -0.05) is 6.92 Å². The van der Waals surface area contributed by atoms with Gasteiger partial charge in [-0.3, -0.25) is 0 Å². The smallest absolute Gasteiger partial charge is 0.110 e. The third kappa shape index (κ3) is 2.84. The first-order valence-electron chi connectivity index (χ1n) is 4.95. The minimum absolute atomic E-state index is 0.498. The number of aryl methyl sites for hydroxylation is 1. The summed E-state index contributed by atoms with van der Waals surface area (Å²) in [5.74, 6) is 1.18. The molecule has 1 rings (SSSR count). The van der Waals surface area contributed by atoms with Crippen LogP contribution in [0.2, 0.25) is 0 Å². The molecule has 0 spiro atoms. The van der Waals surface area contributed by atoms with E-state index in [4.69, 9.17) is 0 Å². The number of imidazole rings is 1. The van der Waals surface area contributed by atoms with Crippen molar-refractivity contribution in [3.63, 3.8) is 0 Å². The van der Waals surface area contributed by atoms with Gasteiger partial charge in [-0.2, -0.15) is 0 Å². The Balaban J connectivity index is 2.59. The summed E-state index contributed by atoms with van der Waals surface area (Å²) in [7, 11) is 1.98. The zero-order valence-electron chi connectivity index (χ0n) is 8.75. The predicted octanol–water partition coefficient (Wildman–Crippen LogP) is 1.44. The van der Waals surface area contributed by atoms with E-state index in [0.717, 1.165) is 19.4 Å². The quantitative estimate of drug-likeness (QED) is 0.745. The van der Waals surface area contributed by atoms with Gasteiger partial charge in [0.2, 0.25) is 0 Å². The summed E-state index contributed by atoms with van der Waals surface area (Å²) in [6.07, 6.45) is 6.11. The number of hydrogen-bond donors (Lipinski definition) is 1. The van der Waals surface area contributed by atoms with Crippen LogP contribution in [-0.2, 0) is 13.0 Å². The van der Waals surface area contributed by atoms with E-state index < -0.39 is 0 Å². The van der Waals surface area contributed by atoms with Crippen molar-refractivity contribution in [1.82, 2.24) is 14.9 Å². The molecular weight excluding hydrogens is 162 g/mol. The van der Waals surface area contributed by atoms with E-state index in [-0.39, 0.29) is 0 Å². The van der Waals surface area contributed by atoms with Gasteiger partial charge in [0.1, 0.15) is 5.82 Å². The van der Waals surface area contributed by atoms with Crippen molar-refractivity contribution in [2.75, 3.05) is 7.05 Å². The minimum Gasteiger partial charge on any atom is -0.335 e. The lowest BCUT2D eigenvalue weighted by molar-refractivity contribution is 0.555. The maximum atomic E-state index is 4.35. The van der Waals surface area contributed by atoms with Crippen LogP contribution in [0.4, 0.5) is 0 Å². The van der Waals surface area contributed by atoms with Crippen LogP contribution < -0.4 is 5.32 Å². The first-order valence-corrected chi connectivity index (χ1v) is 4.95. The van der Waals surface area contributed by atoms with Crippen molar-refractivity contribution in [3.8, 4) is 0 Å². The molecule has 0 fully saturated rings. The van der Waals surface area contributed by atoms with Crippen LogP contribution in [0.5, 0.6) is 0 Å². The lowest BCUT2D eigenvalue weighted by Crippen LogP contribution is -2.25. The van der Waals surface area contributed by atoms with Crippen molar-refractivity contribution < 1.29 is 0 Å². The zero-order chi connectivity index (χ0) is 9.68. The fraction of sp³-hybridized carbons (Fsp3) is 0.700. The average Bonchev–Trinajstić information content (AvgIpc) is 2.54. The fourth-order valence-corrected chi connectivity index (χ4v) is 1.35. The van der Waals surface area contributed by atoms with Gasteiger partial charge in [-0.25, -0.2) is 4.98 Å². The van der Waals surface area contributed by atoms with E-state index in [0.29, 0.717) is 6.04 Å². The minimum atomic E-state index is 0.498. The summed E-state index contributed by atoms with van der Waals surface area (Å²) < 4.78 is 2.23. The summed E-state index contributed by atoms with van der Waals surface area (Å²) >= 11 is 0. The van der Waals surface area contributed by atoms with Gasteiger partial charge in [-0.15, -0.1) is 0 Å². The molecule has 1 N–H and O–H groups in total. The Hall–Kier alpha value is -0.830. The SMILES string of the molecule is CCCn1ccnc1CC(C)NC. The summed E-state index contributed by atoms with van der Waals surface area (Å²) in [6.45, 7) is 5.43. The van der Waals surface area contributed by atoms with Crippen molar-refractivity contribution in [3.05, 3.63) is 18.2 Å². The Kier molecular flexibility index (Phi) is 3.96. The maximum Gasteiger partial charge on any atom is 0.110 e. The Bertz CT molecular complexity index is 242. The predicted molar refractivity (Wildman–Crippen MR) is 54.7 cm³/mol. The van der Waals surface area contributed by atoms with Gasteiger partial charge in [0, 0.05) is 31.4 Å². The maximum absolute atomic E-state index is 4.35. The fourth-order valence-electron chi connectivity index (χ4n) is 1.35. The van der Waals surface area contributed by atoms with E-state index in [2.05, 4.69) is 34.9 Å². The summed E-state index contributed by atoms with van der Waals surface area (Å²) in [5.41, 5.74) is 0. The molecule has 13 heavy (non-hydrogen) atoms. The molecule has 74 valence electrons. The molecule has 0 saturated heterocycles. The topological polar surface area (TPSA) is 29.9 Å². The average molecular weight is 181 g/mol. The van der Waals surface area contributed by atoms with Gasteiger partial charge in [-0.05, 0) is 20.4 Å². The third-order valence-electron chi connectivity index (χ3n) is 2.25. The Morgan fingerprint density at radius 2 is 2.38 bits per heavy atom. The van der Waals surface area contributed by atoms with E-state index in [1.165, 1.54) is 5.82 Å². The lowest BCUT2D eigenvalue weighted by Gasteiger charge is -2.11. The summed E-state index contributed by atoms with van der Waals surface area (Å²) in [4.78, 5) is 4.35. The molecule has 1 heterocycles. The van der Waals surface area contributed by atoms with Gasteiger partial charge >= 0.3 is 0 Å². The molecule has 1 unspecified atom stereocenters. The van der Waals surface area contributed by atoms with Crippen molar-refractivity contribution >= 4 is 0 Å². The van der Waals surface area contributed by atoms with Gasteiger partial charge in [0.05, 0.1) is 0 Å². The van der Waals surface area contributed by atoms with Crippen LogP contribution in [0.25, 0.3) is 0 Å². The number of nitrogens with zero attached hydrogens (tertiary/aromatic N) is 2. The van der Waals surface area contributed by atoms with Crippen molar-refractivity contribution in [2.45, 2.75) is 39.3 Å². The van der Waals surface area contributed by atoms with Gasteiger partial charge < -0.3 is 9.88 Å². The van der Waals surface area contributed by atoms with E-state index in [9.17, 15) is 0 Å². The molecule has 0 radical (unpaired) electrons. The molecule has 0 aliphatic heterocycles. The first-order chi connectivity index (χ1) is 6.27. The molecule has 3 nitrogen and oxygen atoms in total. The molecule has 0 aliphatic carbocycles. The zero-order valence-corrected chi connectivity index (χ0v) is 8.75. The third-order valence-corrected chi connectivity index (χ3v) is 2.25. The van der Waals surface area contributed by atoms with Crippen LogP contribution in [-0.4, -0.2) is 22.6 Å². The van der Waals surface area contributed by atoms with Crippen LogP contribution in [0.3, 0.4) is 0 Å². The monoisotopic (exact) mass is 181 g/mol. The number of likely N-dealkylation sites (N-methyl/N-ethyl adjacent to an activating group) is 1. The number of nitrogens with one attached hydrogen (secondary N) is 1. The Morgan fingerprint density at radius 3 is 3.00 bits per heavy atom. The number of rotatable bonds is 5. The van der Waals surface area contributed by atoms with E-state index in [1.54, 1.807) is 0 Å². The highest BCUT2D eigenvalue weighted by molar-refractivity contribution is 4.94. The van der Waals surface area contributed by atoms with Gasteiger partial charge in [0.15, 0.2) is 0 Å². The molecule has 1 aromatic rings. The molecule has 0 saturated carbocycles. The van der Waals surface area contributed by atoms with Crippen LogP contribution in [0.1, 0.15) is 26.1 Å². The van der Waals surface area contributed by atoms with Crippen molar-refractivity contribution in [2.24, 2.45) is 0 Å². The molecular formula is C10H19N3. The number of hydrogen-bond acceptors (Lipinski definition) is 2. The van der Waals surface area contributed by atoms with E-state index >= 15 is 0 Å². The van der Waals surface area contributed by atoms with Crippen LogP contribution in [0, 0.1) is 0 Å². The molecule has 0 bridgehead atoms. The normalized spacial score (nSPS) is 13.2. The Labute approximate surface area is 80.2 Å². The highest BCUT2D eigenvalue weighted by atomic mass is 15.1. The molecule has 3 heteroatoms. The molecule has 0 amide bonds. The Morgan fingerprint density at radius 1 is 1.62 bits per heavy atom. The second-order valence-corrected chi connectivity index (χ2v) is 3.43. The molecule has 1 atom stereocenters.